The van der Waals surface area contributed by atoms with Gasteiger partial charge in [-0.1, -0.05) is 17.9 Å². The van der Waals surface area contributed by atoms with E-state index in [0.29, 0.717) is 38.8 Å². The number of hydrogen-bond acceptors (Lipinski definition) is 7. The number of phenolic OH excluding ortho intramolecular Hbond substituents is 1. The molecule has 10 heteroatoms. The van der Waals surface area contributed by atoms with Gasteiger partial charge in [0.25, 0.3) is 11.8 Å². The molecule has 3 heterocycles. The van der Waals surface area contributed by atoms with Gasteiger partial charge >= 0.3 is 0 Å². The third kappa shape index (κ3) is 4.72. The van der Waals surface area contributed by atoms with Crippen LogP contribution in [0.15, 0.2) is 60.2 Å². The third-order valence-electron chi connectivity index (χ3n) is 6.00. The molecule has 0 bridgehead atoms. The minimum Gasteiger partial charge on any atom is -0.508 e. The molecule has 0 fully saturated rings. The fraction of sp³-hybridized carbons (Fsp3) is 0.111. The Hall–Kier alpha value is -4.75. The minimum atomic E-state index is -1.30. The number of nitrogens with two attached hydrogens (primary N) is 1. The highest BCUT2D eigenvalue weighted by atomic mass is 32.1. The molecule has 1 aliphatic heterocycles. The van der Waals surface area contributed by atoms with Crippen molar-refractivity contribution in [1.29, 1.82) is 0 Å². The van der Waals surface area contributed by atoms with Crippen LogP contribution in [0.5, 0.6) is 5.75 Å². The normalized spacial score (nSPS) is 13.0. The Balaban J connectivity index is 1.51. The standard InChI is InChI=1S/C27H20FN5O3S/c1-15-17(4-2-16-3-9-22(29)31-13-16)5-6-18-14-33(26(36)23(15)18)24(20-12-19(28)7-8-21(20)34)25(35)32-27-30-10-11-37-27/h3,5-13,24,34H,14H2,1H3,(H2,29,31)(H,30,32,35). The highest BCUT2D eigenvalue weighted by Gasteiger charge is 2.40. The van der Waals surface area contributed by atoms with Crippen molar-refractivity contribution in [2.75, 3.05) is 11.1 Å². The molecule has 2 amide bonds. The van der Waals surface area contributed by atoms with Crippen LogP contribution in [0, 0.1) is 24.6 Å². The van der Waals surface area contributed by atoms with E-state index in [-0.39, 0.29) is 17.9 Å². The number of fused-ring (bicyclic) bond motifs is 1. The first-order valence-corrected chi connectivity index (χ1v) is 12.1. The number of amides is 2. The second-order valence-electron chi connectivity index (χ2n) is 8.36. The summed E-state index contributed by atoms with van der Waals surface area (Å²) in [4.78, 5) is 36.5. The van der Waals surface area contributed by atoms with Crippen molar-refractivity contribution >= 4 is 34.1 Å². The Labute approximate surface area is 215 Å². The Bertz CT molecular complexity index is 1580. The summed E-state index contributed by atoms with van der Waals surface area (Å²) >= 11 is 1.20. The molecule has 0 saturated carbocycles. The average Bonchev–Trinajstić information content (AvgIpc) is 3.50. The van der Waals surface area contributed by atoms with Gasteiger partial charge in [-0.15, -0.1) is 11.3 Å². The molecule has 1 aliphatic rings. The van der Waals surface area contributed by atoms with Gasteiger partial charge in [0.05, 0.1) is 0 Å². The Morgan fingerprint density at radius 2 is 2.05 bits per heavy atom. The Morgan fingerprint density at radius 3 is 2.78 bits per heavy atom. The molecular formula is C27H20FN5O3S. The van der Waals surface area contributed by atoms with Crippen LogP contribution in [0.3, 0.4) is 0 Å². The first-order chi connectivity index (χ1) is 17.8. The van der Waals surface area contributed by atoms with Gasteiger partial charge in [-0.25, -0.2) is 14.4 Å². The van der Waals surface area contributed by atoms with Crippen molar-refractivity contribution in [3.8, 4) is 17.6 Å². The van der Waals surface area contributed by atoms with Crippen LogP contribution in [0.25, 0.3) is 0 Å². The number of aromatic nitrogens is 2. The van der Waals surface area contributed by atoms with Gasteiger partial charge in [-0.3, -0.25) is 14.9 Å². The smallest absolute Gasteiger partial charge is 0.255 e. The number of nitrogen functional groups attached to an aromatic ring is 1. The summed E-state index contributed by atoms with van der Waals surface area (Å²) in [7, 11) is 0. The number of benzene rings is 2. The maximum absolute atomic E-state index is 14.2. The highest BCUT2D eigenvalue weighted by molar-refractivity contribution is 7.13. The third-order valence-corrected chi connectivity index (χ3v) is 6.69. The van der Waals surface area contributed by atoms with Gasteiger partial charge in [0.2, 0.25) is 0 Å². The molecule has 0 saturated heterocycles. The van der Waals surface area contributed by atoms with Crippen LogP contribution >= 0.6 is 11.3 Å². The first-order valence-electron chi connectivity index (χ1n) is 11.2. The summed E-state index contributed by atoms with van der Waals surface area (Å²) in [6.07, 6.45) is 3.09. The minimum absolute atomic E-state index is 0.0243. The van der Waals surface area contributed by atoms with E-state index in [2.05, 4.69) is 27.1 Å². The van der Waals surface area contributed by atoms with Crippen molar-refractivity contribution in [1.82, 2.24) is 14.9 Å². The Kier molecular flexibility index (Phi) is 6.29. The summed E-state index contributed by atoms with van der Waals surface area (Å²) in [6, 6.07) is 9.01. The number of anilines is 2. The molecule has 4 aromatic rings. The summed E-state index contributed by atoms with van der Waals surface area (Å²) in [5.74, 6) is 4.48. The van der Waals surface area contributed by atoms with Crippen LogP contribution < -0.4 is 11.1 Å². The SMILES string of the molecule is Cc1c(C#Cc2ccc(N)nc2)ccc2c1C(=O)N(C(C(=O)Nc1nccs1)c1cc(F)ccc1O)C2. The second kappa shape index (κ2) is 9.72. The van der Waals surface area contributed by atoms with Crippen LogP contribution in [0.1, 0.15) is 44.2 Å². The summed E-state index contributed by atoms with van der Waals surface area (Å²) in [5.41, 5.74) is 8.68. The number of halogens is 1. The molecule has 0 aliphatic carbocycles. The number of pyridine rings is 1. The molecule has 4 N–H and O–H groups in total. The van der Waals surface area contributed by atoms with Crippen molar-refractivity contribution in [3.05, 3.63) is 99.4 Å². The molecule has 184 valence electrons. The molecular weight excluding hydrogens is 493 g/mol. The lowest BCUT2D eigenvalue weighted by molar-refractivity contribution is -0.120. The van der Waals surface area contributed by atoms with Crippen molar-refractivity contribution < 1.29 is 19.1 Å². The zero-order valence-electron chi connectivity index (χ0n) is 19.5. The van der Waals surface area contributed by atoms with E-state index in [4.69, 9.17) is 5.73 Å². The van der Waals surface area contributed by atoms with Gasteiger partial charge in [-0.2, -0.15) is 0 Å². The summed E-state index contributed by atoms with van der Waals surface area (Å²) < 4.78 is 14.2. The predicted molar refractivity (Wildman–Crippen MR) is 137 cm³/mol. The number of phenols is 1. The van der Waals surface area contributed by atoms with Gasteiger partial charge < -0.3 is 15.7 Å². The first kappa shape index (κ1) is 24.0. The topological polar surface area (TPSA) is 121 Å². The van der Waals surface area contributed by atoms with E-state index in [1.54, 1.807) is 36.7 Å². The number of hydrogen-bond donors (Lipinski definition) is 3. The monoisotopic (exact) mass is 513 g/mol. The lowest BCUT2D eigenvalue weighted by Gasteiger charge is -2.27. The van der Waals surface area contributed by atoms with E-state index >= 15 is 0 Å². The number of nitrogens with one attached hydrogen (secondary N) is 1. The molecule has 2 aromatic heterocycles. The van der Waals surface area contributed by atoms with E-state index in [1.165, 1.54) is 22.4 Å². The molecule has 0 spiro atoms. The molecule has 1 unspecified atom stereocenters. The lowest BCUT2D eigenvalue weighted by Crippen LogP contribution is -2.37. The van der Waals surface area contributed by atoms with Crippen molar-refractivity contribution in [2.24, 2.45) is 0 Å². The van der Waals surface area contributed by atoms with E-state index in [9.17, 15) is 19.1 Å². The van der Waals surface area contributed by atoms with Gasteiger partial charge in [0.15, 0.2) is 5.13 Å². The van der Waals surface area contributed by atoms with Crippen molar-refractivity contribution in [3.63, 3.8) is 0 Å². The van der Waals surface area contributed by atoms with E-state index in [1.807, 2.05) is 6.07 Å². The second-order valence-corrected chi connectivity index (χ2v) is 9.25. The summed E-state index contributed by atoms with van der Waals surface area (Å²) in [5, 5.41) is 15.2. The maximum Gasteiger partial charge on any atom is 0.255 e. The Morgan fingerprint density at radius 1 is 1.22 bits per heavy atom. The maximum atomic E-state index is 14.2. The zero-order valence-corrected chi connectivity index (χ0v) is 20.3. The molecule has 5 rings (SSSR count). The molecule has 0 radical (unpaired) electrons. The molecule has 37 heavy (non-hydrogen) atoms. The van der Waals surface area contributed by atoms with Crippen LogP contribution in [-0.2, 0) is 11.3 Å². The number of thiazole rings is 1. The lowest BCUT2D eigenvalue weighted by atomic mass is 9.98. The number of nitrogens with zero attached hydrogens (tertiary/aromatic N) is 3. The number of rotatable bonds is 4. The van der Waals surface area contributed by atoms with E-state index < -0.39 is 23.7 Å². The van der Waals surface area contributed by atoms with Gasteiger partial charge in [0, 0.05) is 46.6 Å². The largest absolute Gasteiger partial charge is 0.508 e. The number of carbonyl (C=O) groups excluding carboxylic acids is 2. The quantitative estimate of drug-likeness (QED) is 0.355. The van der Waals surface area contributed by atoms with Crippen LogP contribution in [0.2, 0.25) is 0 Å². The predicted octanol–water partition coefficient (Wildman–Crippen LogP) is 4.01. The highest BCUT2D eigenvalue weighted by Crippen LogP contribution is 2.38. The van der Waals surface area contributed by atoms with E-state index in [0.717, 1.165) is 18.2 Å². The molecule has 2 aromatic carbocycles. The summed E-state index contributed by atoms with van der Waals surface area (Å²) in [6.45, 7) is 1.88. The van der Waals surface area contributed by atoms with Crippen LogP contribution in [0.4, 0.5) is 15.3 Å². The molecule has 8 nitrogen and oxygen atoms in total. The van der Waals surface area contributed by atoms with Gasteiger partial charge in [-0.05, 0) is 54.4 Å². The number of aromatic hydroxyl groups is 1. The fourth-order valence-electron chi connectivity index (χ4n) is 4.21. The van der Waals surface area contributed by atoms with Crippen LogP contribution in [-0.4, -0.2) is 31.8 Å². The van der Waals surface area contributed by atoms with Crippen molar-refractivity contribution in [2.45, 2.75) is 19.5 Å². The number of carbonyl (C=O) groups is 2. The zero-order chi connectivity index (χ0) is 26.1. The molecule has 1 atom stereocenters. The average molecular weight is 514 g/mol. The fourth-order valence-corrected chi connectivity index (χ4v) is 4.74. The van der Waals surface area contributed by atoms with Gasteiger partial charge in [0.1, 0.15) is 23.4 Å².